The van der Waals surface area contributed by atoms with E-state index in [1.165, 1.54) is 0 Å². The first-order valence-electron chi connectivity index (χ1n) is 8.37. The number of nitrogen functional groups attached to an aromatic ring is 1. The first-order valence-corrected chi connectivity index (χ1v) is 8.75. The van der Waals surface area contributed by atoms with Gasteiger partial charge in [-0.2, -0.15) is 5.10 Å². The normalized spacial score (nSPS) is 10.9. The standard InChI is InChI=1S/C20H18ClN5O/c1-11-9-17(26-25-11)23-20-18(12-3-5-13(21)6-4-12)16-10-14(27-2)7-8-15(16)19(22)24-20/h3-10H,1-2H3,(H4,22,23,24,25,26). The number of benzene rings is 2. The molecule has 0 unspecified atom stereocenters. The quantitative estimate of drug-likeness (QED) is 0.468. The van der Waals surface area contributed by atoms with Crippen LogP contribution in [0.3, 0.4) is 0 Å². The Balaban J connectivity index is 1.99. The molecule has 2 heterocycles. The zero-order valence-corrected chi connectivity index (χ0v) is 15.6. The monoisotopic (exact) mass is 379 g/mol. The van der Waals surface area contributed by atoms with Crippen LogP contribution in [0.4, 0.5) is 17.5 Å². The molecule has 0 amide bonds. The number of rotatable bonds is 4. The second-order valence-electron chi connectivity index (χ2n) is 6.20. The van der Waals surface area contributed by atoms with Crippen LogP contribution in [0.1, 0.15) is 5.69 Å². The van der Waals surface area contributed by atoms with E-state index in [1.54, 1.807) is 7.11 Å². The van der Waals surface area contributed by atoms with Gasteiger partial charge in [0.2, 0.25) is 0 Å². The lowest BCUT2D eigenvalue weighted by molar-refractivity contribution is 0.415. The van der Waals surface area contributed by atoms with Gasteiger partial charge in [0, 0.05) is 33.1 Å². The first-order chi connectivity index (χ1) is 13.0. The number of aryl methyl sites for hydroxylation is 1. The number of aromatic amines is 1. The van der Waals surface area contributed by atoms with Crippen LogP contribution in [0.25, 0.3) is 21.9 Å². The lowest BCUT2D eigenvalue weighted by atomic mass is 9.98. The molecule has 2 aromatic heterocycles. The van der Waals surface area contributed by atoms with Crippen molar-refractivity contribution < 1.29 is 4.74 Å². The molecule has 4 aromatic rings. The van der Waals surface area contributed by atoms with Gasteiger partial charge in [-0.1, -0.05) is 23.7 Å². The minimum Gasteiger partial charge on any atom is -0.497 e. The van der Waals surface area contributed by atoms with Gasteiger partial charge in [-0.15, -0.1) is 0 Å². The lowest BCUT2D eigenvalue weighted by Crippen LogP contribution is -2.02. The Kier molecular flexibility index (Phi) is 4.33. The highest BCUT2D eigenvalue weighted by Crippen LogP contribution is 2.39. The van der Waals surface area contributed by atoms with Crippen LogP contribution in [-0.4, -0.2) is 22.3 Å². The topological polar surface area (TPSA) is 88.9 Å². The van der Waals surface area contributed by atoms with Gasteiger partial charge < -0.3 is 15.8 Å². The summed E-state index contributed by atoms with van der Waals surface area (Å²) >= 11 is 6.08. The molecule has 0 saturated carbocycles. The van der Waals surface area contributed by atoms with Crippen molar-refractivity contribution in [2.75, 3.05) is 18.2 Å². The van der Waals surface area contributed by atoms with Gasteiger partial charge in [0.1, 0.15) is 17.4 Å². The summed E-state index contributed by atoms with van der Waals surface area (Å²) in [4.78, 5) is 4.60. The van der Waals surface area contributed by atoms with E-state index >= 15 is 0 Å². The van der Waals surface area contributed by atoms with Crippen molar-refractivity contribution in [1.82, 2.24) is 15.2 Å². The maximum Gasteiger partial charge on any atom is 0.153 e. The van der Waals surface area contributed by atoms with Crippen LogP contribution in [0, 0.1) is 6.92 Å². The number of aromatic nitrogens is 3. The van der Waals surface area contributed by atoms with E-state index < -0.39 is 0 Å². The van der Waals surface area contributed by atoms with Crippen molar-refractivity contribution in [3.63, 3.8) is 0 Å². The molecular weight excluding hydrogens is 362 g/mol. The number of nitrogens with zero attached hydrogens (tertiary/aromatic N) is 2. The Morgan fingerprint density at radius 3 is 2.52 bits per heavy atom. The summed E-state index contributed by atoms with van der Waals surface area (Å²) < 4.78 is 5.41. The Morgan fingerprint density at radius 2 is 1.85 bits per heavy atom. The fraction of sp³-hybridized carbons (Fsp3) is 0.100. The van der Waals surface area contributed by atoms with E-state index in [2.05, 4.69) is 20.5 Å². The zero-order valence-electron chi connectivity index (χ0n) is 14.9. The van der Waals surface area contributed by atoms with E-state index in [-0.39, 0.29) is 0 Å². The predicted octanol–water partition coefficient (Wildman–Crippen LogP) is 4.92. The average Bonchev–Trinajstić information content (AvgIpc) is 3.07. The molecule has 0 aliphatic rings. The Morgan fingerprint density at radius 1 is 1.07 bits per heavy atom. The largest absolute Gasteiger partial charge is 0.497 e. The molecule has 0 spiro atoms. The van der Waals surface area contributed by atoms with Crippen molar-refractivity contribution in [3.8, 4) is 16.9 Å². The van der Waals surface area contributed by atoms with Gasteiger partial charge in [-0.25, -0.2) is 4.98 Å². The summed E-state index contributed by atoms with van der Waals surface area (Å²) in [5.41, 5.74) is 9.04. The van der Waals surface area contributed by atoms with E-state index in [1.807, 2.05) is 55.5 Å². The molecule has 2 aromatic carbocycles. The minimum absolute atomic E-state index is 0.431. The number of fused-ring (bicyclic) bond motifs is 1. The molecule has 4 N–H and O–H groups in total. The van der Waals surface area contributed by atoms with Gasteiger partial charge in [-0.05, 0) is 42.8 Å². The number of hydrogen-bond donors (Lipinski definition) is 3. The number of halogens is 1. The number of anilines is 3. The number of nitrogens with two attached hydrogens (primary N) is 1. The molecule has 0 bridgehead atoms. The maximum absolute atomic E-state index is 6.24. The lowest BCUT2D eigenvalue weighted by Gasteiger charge is -2.16. The van der Waals surface area contributed by atoms with Gasteiger partial charge in [0.25, 0.3) is 0 Å². The third-order valence-electron chi connectivity index (χ3n) is 4.33. The van der Waals surface area contributed by atoms with Crippen molar-refractivity contribution in [2.24, 2.45) is 0 Å². The molecule has 6 nitrogen and oxygen atoms in total. The molecular formula is C20H18ClN5O. The van der Waals surface area contributed by atoms with Gasteiger partial charge >= 0.3 is 0 Å². The number of ether oxygens (including phenoxy) is 1. The molecule has 0 fully saturated rings. The Labute approximate surface area is 161 Å². The summed E-state index contributed by atoms with van der Waals surface area (Å²) in [6, 6.07) is 15.3. The van der Waals surface area contributed by atoms with Crippen LogP contribution in [0.15, 0.2) is 48.5 Å². The maximum atomic E-state index is 6.24. The molecule has 136 valence electrons. The Hall–Kier alpha value is -3.25. The van der Waals surface area contributed by atoms with Crippen LogP contribution in [0.2, 0.25) is 5.02 Å². The highest BCUT2D eigenvalue weighted by molar-refractivity contribution is 6.30. The zero-order chi connectivity index (χ0) is 19.0. The highest BCUT2D eigenvalue weighted by atomic mass is 35.5. The SMILES string of the molecule is COc1ccc2c(N)nc(Nc3cc(C)[nH]n3)c(-c3ccc(Cl)cc3)c2c1. The van der Waals surface area contributed by atoms with E-state index in [4.69, 9.17) is 22.1 Å². The number of methoxy groups -OCH3 is 1. The van der Waals surface area contributed by atoms with E-state index in [0.717, 1.165) is 33.3 Å². The molecule has 0 aliphatic heterocycles. The van der Waals surface area contributed by atoms with Crippen LogP contribution < -0.4 is 15.8 Å². The van der Waals surface area contributed by atoms with Crippen molar-refractivity contribution in [1.29, 1.82) is 0 Å². The van der Waals surface area contributed by atoms with Crippen LogP contribution in [-0.2, 0) is 0 Å². The predicted molar refractivity (Wildman–Crippen MR) is 110 cm³/mol. The number of nitrogens with one attached hydrogen (secondary N) is 2. The minimum atomic E-state index is 0.431. The second kappa shape index (κ2) is 6.81. The molecule has 0 aliphatic carbocycles. The second-order valence-corrected chi connectivity index (χ2v) is 6.64. The average molecular weight is 380 g/mol. The molecule has 0 radical (unpaired) electrons. The molecule has 4 rings (SSSR count). The third kappa shape index (κ3) is 3.27. The fourth-order valence-electron chi connectivity index (χ4n) is 3.05. The van der Waals surface area contributed by atoms with Crippen molar-refractivity contribution >= 4 is 39.8 Å². The van der Waals surface area contributed by atoms with Gasteiger partial charge in [0.05, 0.1) is 7.11 Å². The summed E-state index contributed by atoms with van der Waals surface area (Å²) in [7, 11) is 1.64. The summed E-state index contributed by atoms with van der Waals surface area (Å²) in [6.45, 7) is 1.94. The van der Waals surface area contributed by atoms with Crippen molar-refractivity contribution in [2.45, 2.75) is 6.92 Å². The van der Waals surface area contributed by atoms with Gasteiger partial charge in [-0.3, -0.25) is 5.10 Å². The van der Waals surface area contributed by atoms with Crippen LogP contribution in [0.5, 0.6) is 5.75 Å². The van der Waals surface area contributed by atoms with Gasteiger partial charge in [0.15, 0.2) is 5.82 Å². The molecule has 7 heteroatoms. The van der Waals surface area contributed by atoms with Crippen molar-refractivity contribution in [3.05, 3.63) is 59.2 Å². The summed E-state index contributed by atoms with van der Waals surface area (Å²) in [6.07, 6.45) is 0. The highest BCUT2D eigenvalue weighted by Gasteiger charge is 2.16. The van der Waals surface area contributed by atoms with E-state index in [9.17, 15) is 0 Å². The van der Waals surface area contributed by atoms with Crippen LogP contribution >= 0.6 is 11.6 Å². The number of H-pyrrole nitrogens is 1. The first kappa shape index (κ1) is 17.2. The summed E-state index contributed by atoms with van der Waals surface area (Å²) in [5.74, 6) is 2.45. The third-order valence-corrected chi connectivity index (χ3v) is 4.58. The number of hydrogen-bond acceptors (Lipinski definition) is 5. The smallest absolute Gasteiger partial charge is 0.153 e. The Bertz CT molecular complexity index is 1120. The number of pyridine rings is 1. The molecule has 0 atom stereocenters. The van der Waals surface area contributed by atoms with E-state index in [0.29, 0.717) is 22.5 Å². The summed E-state index contributed by atoms with van der Waals surface area (Å²) in [5, 5.41) is 12.9. The molecule has 0 saturated heterocycles. The fourth-order valence-corrected chi connectivity index (χ4v) is 3.17. The molecule has 27 heavy (non-hydrogen) atoms.